The van der Waals surface area contributed by atoms with E-state index in [0.29, 0.717) is 0 Å². The third kappa shape index (κ3) is 2.95. The molecule has 0 amide bonds. The molecule has 3 nitrogen and oxygen atoms in total. The Morgan fingerprint density at radius 3 is 2.50 bits per heavy atom. The molecule has 0 bridgehead atoms. The summed E-state index contributed by atoms with van der Waals surface area (Å²) >= 11 is 3.00. The molecule has 0 radical (unpaired) electrons. The molecule has 0 spiro atoms. The second kappa shape index (κ2) is 4.41. The van der Waals surface area contributed by atoms with Crippen molar-refractivity contribution >= 4 is 21.9 Å². The fourth-order valence-electron chi connectivity index (χ4n) is 1.06. The van der Waals surface area contributed by atoms with Gasteiger partial charge in [0.2, 0.25) is 0 Å². The third-order valence-electron chi connectivity index (χ3n) is 1.68. The van der Waals surface area contributed by atoms with Crippen molar-refractivity contribution in [3.05, 3.63) is 28.0 Å². The number of phenolic OH excluding ortho intramolecular Hbond substituents is 1. The lowest BCUT2D eigenvalue weighted by Gasteiger charge is -2.20. The van der Waals surface area contributed by atoms with Crippen LogP contribution in [0, 0.1) is 5.82 Å². The van der Waals surface area contributed by atoms with Gasteiger partial charge in [0.05, 0.1) is 4.47 Å². The molecule has 0 atom stereocenters. The molecule has 0 aromatic heterocycles. The summed E-state index contributed by atoms with van der Waals surface area (Å²) in [7, 11) is 0. The minimum atomic E-state index is -0.885. The number of phenols is 1. The molecule has 5 heteroatoms. The van der Waals surface area contributed by atoms with Crippen LogP contribution in [0.1, 0.15) is 31.1 Å². The van der Waals surface area contributed by atoms with E-state index < -0.39 is 28.7 Å². The van der Waals surface area contributed by atoms with E-state index in [-0.39, 0.29) is 4.47 Å². The Bertz CT molecular complexity index is 424. The molecule has 0 heterocycles. The molecular weight excluding hydrogens is 279 g/mol. The van der Waals surface area contributed by atoms with E-state index in [9.17, 15) is 14.3 Å². The molecule has 1 N–H and O–H groups in total. The Morgan fingerprint density at radius 1 is 1.44 bits per heavy atom. The van der Waals surface area contributed by atoms with Crippen LogP contribution in [-0.4, -0.2) is 16.7 Å². The van der Waals surface area contributed by atoms with Crippen LogP contribution in [0.3, 0.4) is 0 Å². The second-order valence-corrected chi connectivity index (χ2v) is 5.11. The average molecular weight is 291 g/mol. The summed E-state index contributed by atoms with van der Waals surface area (Å²) in [6, 6.07) is 2.40. The summed E-state index contributed by atoms with van der Waals surface area (Å²) in [5.74, 6) is -2.15. The van der Waals surface area contributed by atoms with Crippen LogP contribution in [0.4, 0.5) is 4.39 Å². The van der Waals surface area contributed by atoms with Crippen molar-refractivity contribution in [2.24, 2.45) is 0 Å². The molecule has 0 aliphatic carbocycles. The van der Waals surface area contributed by atoms with E-state index in [1.54, 1.807) is 20.8 Å². The maximum absolute atomic E-state index is 13.4. The minimum absolute atomic E-state index is 0.245. The first-order valence-corrected chi connectivity index (χ1v) is 5.42. The Morgan fingerprint density at radius 2 is 2.00 bits per heavy atom. The van der Waals surface area contributed by atoms with E-state index in [4.69, 9.17) is 4.74 Å². The van der Waals surface area contributed by atoms with Gasteiger partial charge < -0.3 is 9.84 Å². The fraction of sp³-hybridized carbons (Fsp3) is 0.364. The smallest absolute Gasteiger partial charge is 0.345 e. The molecule has 88 valence electrons. The van der Waals surface area contributed by atoms with Gasteiger partial charge in [-0.25, -0.2) is 9.18 Å². The van der Waals surface area contributed by atoms with Crippen molar-refractivity contribution < 1.29 is 19.0 Å². The number of halogens is 2. The fourth-order valence-corrected chi connectivity index (χ4v) is 1.39. The number of hydrogen-bond acceptors (Lipinski definition) is 3. The third-order valence-corrected chi connectivity index (χ3v) is 2.32. The number of rotatable bonds is 1. The summed E-state index contributed by atoms with van der Waals surface area (Å²) in [4.78, 5) is 11.6. The summed E-state index contributed by atoms with van der Waals surface area (Å²) < 4.78 is 18.6. The van der Waals surface area contributed by atoms with Crippen LogP contribution in [0.25, 0.3) is 0 Å². The second-order valence-electron chi connectivity index (χ2n) is 4.25. The van der Waals surface area contributed by atoms with Gasteiger partial charge in [-0.05, 0) is 48.8 Å². The first kappa shape index (κ1) is 13.0. The Balaban J connectivity index is 3.14. The van der Waals surface area contributed by atoms with Crippen LogP contribution in [0.5, 0.6) is 5.75 Å². The highest BCUT2D eigenvalue weighted by atomic mass is 79.9. The van der Waals surface area contributed by atoms with Gasteiger partial charge in [0.15, 0.2) is 0 Å². The molecular formula is C11H12BrFO3. The molecule has 0 fully saturated rings. The van der Waals surface area contributed by atoms with E-state index in [1.807, 2.05) is 0 Å². The number of aromatic hydroxyl groups is 1. The van der Waals surface area contributed by atoms with Gasteiger partial charge in [0, 0.05) is 0 Å². The van der Waals surface area contributed by atoms with Crippen molar-refractivity contribution in [1.82, 2.24) is 0 Å². The van der Waals surface area contributed by atoms with Crippen LogP contribution in [-0.2, 0) is 4.74 Å². The SMILES string of the molecule is CC(C)(C)OC(=O)c1c(F)ccc(Br)c1O. The van der Waals surface area contributed by atoms with Gasteiger partial charge in [-0.2, -0.15) is 0 Å². The number of benzene rings is 1. The van der Waals surface area contributed by atoms with Gasteiger partial charge in [-0.1, -0.05) is 0 Å². The highest BCUT2D eigenvalue weighted by molar-refractivity contribution is 9.10. The highest BCUT2D eigenvalue weighted by Crippen LogP contribution is 2.31. The lowest BCUT2D eigenvalue weighted by molar-refractivity contribution is 0.00617. The van der Waals surface area contributed by atoms with Gasteiger partial charge in [0.1, 0.15) is 22.7 Å². The molecule has 0 saturated heterocycles. The summed E-state index contributed by atoms with van der Waals surface area (Å²) in [6.45, 7) is 4.99. The topological polar surface area (TPSA) is 46.5 Å². The monoisotopic (exact) mass is 290 g/mol. The molecule has 1 rings (SSSR count). The van der Waals surface area contributed by atoms with E-state index in [1.165, 1.54) is 6.07 Å². The van der Waals surface area contributed by atoms with E-state index in [0.717, 1.165) is 6.07 Å². The molecule has 1 aromatic rings. The van der Waals surface area contributed by atoms with Crippen molar-refractivity contribution in [2.45, 2.75) is 26.4 Å². The maximum Gasteiger partial charge on any atom is 0.345 e. The van der Waals surface area contributed by atoms with Gasteiger partial charge in [-0.3, -0.25) is 0 Å². The maximum atomic E-state index is 13.4. The minimum Gasteiger partial charge on any atom is -0.506 e. The summed E-state index contributed by atoms with van der Waals surface area (Å²) in [5.41, 5.74) is -1.19. The first-order chi connectivity index (χ1) is 7.22. The van der Waals surface area contributed by atoms with Crippen molar-refractivity contribution in [3.8, 4) is 5.75 Å². The molecule has 0 saturated carbocycles. The standard InChI is InChI=1S/C11H12BrFO3/c1-11(2,3)16-10(15)8-7(13)5-4-6(12)9(8)14/h4-5,14H,1-3H3. The largest absolute Gasteiger partial charge is 0.506 e. The zero-order valence-electron chi connectivity index (χ0n) is 9.17. The Labute approximate surface area is 101 Å². The van der Waals surface area contributed by atoms with Gasteiger partial charge in [-0.15, -0.1) is 0 Å². The van der Waals surface area contributed by atoms with Crippen molar-refractivity contribution in [3.63, 3.8) is 0 Å². The molecule has 0 unspecified atom stereocenters. The number of hydrogen-bond donors (Lipinski definition) is 1. The van der Waals surface area contributed by atoms with Crippen LogP contribution in [0.15, 0.2) is 16.6 Å². The van der Waals surface area contributed by atoms with Crippen LogP contribution < -0.4 is 0 Å². The normalized spacial score (nSPS) is 11.3. The average Bonchev–Trinajstić information content (AvgIpc) is 2.09. The predicted molar refractivity (Wildman–Crippen MR) is 60.9 cm³/mol. The summed E-state index contributed by atoms with van der Waals surface area (Å²) in [6.07, 6.45) is 0. The van der Waals surface area contributed by atoms with Gasteiger partial charge in [0.25, 0.3) is 0 Å². The predicted octanol–water partition coefficient (Wildman–Crippen LogP) is 3.25. The van der Waals surface area contributed by atoms with E-state index in [2.05, 4.69) is 15.9 Å². The van der Waals surface area contributed by atoms with Crippen LogP contribution >= 0.6 is 15.9 Å². The molecule has 1 aromatic carbocycles. The first-order valence-electron chi connectivity index (χ1n) is 4.62. The Kier molecular flexibility index (Phi) is 3.57. The number of carbonyl (C=O) groups is 1. The summed E-state index contributed by atoms with van der Waals surface area (Å²) in [5, 5.41) is 9.56. The highest BCUT2D eigenvalue weighted by Gasteiger charge is 2.24. The molecule has 0 aliphatic heterocycles. The zero-order chi connectivity index (χ0) is 12.5. The lowest BCUT2D eigenvalue weighted by atomic mass is 10.1. The quantitative estimate of drug-likeness (QED) is 0.808. The zero-order valence-corrected chi connectivity index (χ0v) is 10.8. The van der Waals surface area contributed by atoms with Crippen LogP contribution in [0.2, 0.25) is 0 Å². The number of esters is 1. The number of carbonyl (C=O) groups excluding carboxylic acids is 1. The van der Waals surface area contributed by atoms with Gasteiger partial charge >= 0.3 is 5.97 Å². The van der Waals surface area contributed by atoms with Crippen molar-refractivity contribution in [2.75, 3.05) is 0 Å². The lowest BCUT2D eigenvalue weighted by Crippen LogP contribution is -2.24. The Hall–Kier alpha value is -1.10. The molecule has 0 aliphatic rings. The number of ether oxygens (including phenoxy) is 1. The van der Waals surface area contributed by atoms with E-state index >= 15 is 0 Å². The van der Waals surface area contributed by atoms with Crippen molar-refractivity contribution in [1.29, 1.82) is 0 Å². The molecule has 16 heavy (non-hydrogen) atoms.